The number of hydrogen-bond acceptors (Lipinski definition) is 4. The molecule has 3 rings (SSSR count). The zero-order chi connectivity index (χ0) is 12.0. The molecule has 1 N–H and O–H groups in total. The van der Waals surface area contributed by atoms with Crippen LogP contribution in [0.4, 0.5) is 5.69 Å². The van der Waals surface area contributed by atoms with E-state index in [-0.39, 0.29) is 12.3 Å². The summed E-state index contributed by atoms with van der Waals surface area (Å²) in [6.07, 6.45) is -0.330. The van der Waals surface area contributed by atoms with Crippen molar-refractivity contribution in [3.8, 4) is 0 Å². The highest BCUT2D eigenvalue weighted by molar-refractivity contribution is 7.18. The molecule has 1 amide bonds. The average molecular weight is 248 g/mol. The summed E-state index contributed by atoms with van der Waals surface area (Å²) in [7, 11) is 0. The Balaban J connectivity index is 2.03. The van der Waals surface area contributed by atoms with E-state index in [0.717, 1.165) is 20.9 Å². The minimum absolute atomic E-state index is 0.0243. The maximum atomic E-state index is 11.7. The van der Waals surface area contributed by atoms with Gasteiger partial charge < -0.3 is 10.0 Å². The first-order valence-electron chi connectivity index (χ1n) is 5.49. The van der Waals surface area contributed by atoms with Crippen LogP contribution in [0, 0.1) is 6.92 Å². The highest BCUT2D eigenvalue weighted by Gasteiger charge is 2.29. The van der Waals surface area contributed by atoms with Gasteiger partial charge in [-0.25, -0.2) is 4.98 Å². The normalized spacial score (nSPS) is 20.5. The fraction of sp³-hybridized carbons (Fsp3) is 0.333. The van der Waals surface area contributed by atoms with Gasteiger partial charge in [0, 0.05) is 5.69 Å². The Morgan fingerprint density at radius 3 is 3.06 bits per heavy atom. The molecule has 1 fully saturated rings. The van der Waals surface area contributed by atoms with E-state index in [1.165, 1.54) is 0 Å². The van der Waals surface area contributed by atoms with Crippen LogP contribution < -0.4 is 4.90 Å². The molecule has 0 radical (unpaired) electrons. The first-order valence-corrected chi connectivity index (χ1v) is 6.31. The summed E-state index contributed by atoms with van der Waals surface area (Å²) in [4.78, 5) is 17.7. The summed E-state index contributed by atoms with van der Waals surface area (Å²) in [5.41, 5.74) is 1.74. The Hall–Kier alpha value is -1.46. The Labute approximate surface area is 103 Å². The van der Waals surface area contributed by atoms with Crippen molar-refractivity contribution in [2.45, 2.75) is 19.4 Å². The molecule has 0 bridgehead atoms. The van der Waals surface area contributed by atoms with Crippen LogP contribution in [0.2, 0.25) is 0 Å². The van der Waals surface area contributed by atoms with E-state index in [1.54, 1.807) is 16.2 Å². The molecule has 1 saturated heterocycles. The van der Waals surface area contributed by atoms with E-state index in [2.05, 4.69) is 4.98 Å². The molecular weight excluding hydrogens is 236 g/mol. The lowest BCUT2D eigenvalue weighted by molar-refractivity contribution is -0.117. The fourth-order valence-corrected chi connectivity index (χ4v) is 2.94. The maximum Gasteiger partial charge on any atom is 0.229 e. The quantitative estimate of drug-likeness (QED) is 0.835. The van der Waals surface area contributed by atoms with E-state index in [9.17, 15) is 9.90 Å². The van der Waals surface area contributed by atoms with Crippen molar-refractivity contribution in [3.63, 3.8) is 0 Å². The number of aryl methyl sites for hydroxylation is 1. The van der Waals surface area contributed by atoms with Crippen LogP contribution in [-0.4, -0.2) is 28.6 Å². The number of fused-ring (bicyclic) bond motifs is 1. The lowest BCUT2D eigenvalue weighted by atomic mass is 10.2. The molecule has 0 aliphatic carbocycles. The topological polar surface area (TPSA) is 53.4 Å². The van der Waals surface area contributed by atoms with Crippen molar-refractivity contribution in [1.82, 2.24) is 4.98 Å². The number of hydrogen-bond donors (Lipinski definition) is 1. The number of β-amino-alcohol motifs (C(OH)–C–C–N with tert-alkyl or cyclic N) is 1. The minimum Gasteiger partial charge on any atom is -0.391 e. The van der Waals surface area contributed by atoms with Crippen LogP contribution in [0.1, 0.15) is 11.4 Å². The summed E-state index contributed by atoms with van der Waals surface area (Å²) >= 11 is 1.64. The second-order valence-electron chi connectivity index (χ2n) is 4.25. The Bertz CT molecular complexity index is 593. The summed E-state index contributed by atoms with van der Waals surface area (Å²) in [6.45, 7) is 2.35. The second-order valence-corrected chi connectivity index (χ2v) is 5.48. The number of carbonyl (C=O) groups excluding carboxylic acids is 1. The minimum atomic E-state index is -0.546. The van der Waals surface area contributed by atoms with Gasteiger partial charge in [0.2, 0.25) is 5.91 Å². The van der Waals surface area contributed by atoms with Crippen LogP contribution >= 0.6 is 11.3 Å². The monoisotopic (exact) mass is 248 g/mol. The van der Waals surface area contributed by atoms with Gasteiger partial charge in [-0.05, 0) is 25.1 Å². The van der Waals surface area contributed by atoms with Gasteiger partial charge in [0.25, 0.3) is 0 Å². The van der Waals surface area contributed by atoms with Crippen molar-refractivity contribution in [3.05, 3.63) is 23.2 Å². The van der Waals surface area contributed by atoms with Crippen molar-refractivity contribution in [1.29, 1.82) is 0 Å². The molecule has 0 spiro atoms. The van der Waals surface area contributed by atoms with Gasteiger partial charge in [0.15, 0.2) is 0 Å². The SMILES string of the molecule is Cc1nc2cc(N3CC(O)CC3=O)ccc2s1. The molecule has 1 aromatic heterocycles. The molecule has 1 atom stereocenters. The van der Waals surface area contributed by atoms with Crippen molar-refractivity contribution < 1.29 is 9.90 Å². The number of thiazole rings is 1. The summed E-state index contributed by atoms with van der Waals surface area (Å²) in [6, 6.07) is 5.80. The molecule has 2 heterocycles. The molecule has 1 aromatic carbocycles. The van der Waals surface area contributed by atoms with E-state index in [0.29, 0.717) is 6.54 Å². The van der Waals surface area contributed by atoms with Crippen LogP contribution in [0.25, 0.3) is 10.2 Å². The number of anilines is 1. The van der Waals surface area contributed by atoms with Crippen LogP contribution in [0.3, 0.4) is 0 Å². The zero-order valence-electron chi connectivity index (χ0n) is 9.38. The molecule has 4 nitrogen and oxygen atoms in total. The standard InChI is InChI=1S/C12H12N2O2S/c1-7-13-10-4-8(2-3-11(10)17-7)14-6-9(15)5-12(14)16/h2-4,9,15H,5-6H2,1H3. The lowest BCUT2D eigenvalue weighted by Gasteiger charge is -2.15. The third-order valence-electron chi connectivity index (χ3n) is 2.89. The molecule has 17 heavy (non-hydrogen) atoms. The van der Waals surface area contributed by atoms with Gasteiger partial charge in [-0.3, -0.25) is 4.79 Å². The predicted octanol–water partition coefficient (Wildman–Crippen LogP) is 1.70. The van der Waals surface area contributed by atoms with Crippen molar-refractivity contribution >= 4 is 33.1 Å². The maximum absolute atomic E-state index is 11.7. The van der Waals surface area contributed by atoms with Gasteiger partial charge in [0.1, 0.15) is 0 Å². The number of carbonyl (C=O) groups is 1. The van der Waals surface area contributed by atoms with Gasteiger partial charge in [0.05, 0.1) is 34.3 Å². The van der Waals surface area contributed by atoms with Crippen LogP contribution in [-0.2, 0) is 4.79 Å². The number of rotatable bonds is 1. The first kappa shape index (κ1) is 10.7. The second kappa shape index (κ2) is 3.78. The molecule has 1 aliphatic rings. The molecular formula is C12H12N2O2S. The number of aliphatic hydroxyl groups excluding tert-OH is 1. The first-order chi connectivity index (χ1) is 8.13. The number of nitrogens with zero attached hydrogens (tertiary/aromatic N) is 2. The Kier molecular flexibility index (Phi) is 2.38. The summed E-state index contributed by atoms with van der Waals surface area (Å²) < 4.78 is 1.12. The Morgan fingerprint density at radius 1 is 1.53 bits per heavy atom. The van der Waals surface area contributed by atoms with E-state index in [1.807, 2.05) is 25.1 Å². The van der Waals surface area contributed by atoms with Crippen LogP contribution in [0.5, 0.6) is 0 Å². The van der Waals surface area contributed by atoms with E-state index in [4.69, 9.17) is 0 Å². The molecule has 1 unspecified atom stereocenters. The number of benzene rings is 1. The lowest BCUT2D eigenvalue weighted by Crippen LogP contribution is -2.25. The summed E-state index contributed by atoms with van der Waals surface area (Å²) in [5.74, 6) is -0.0243. The van der Waals surface area contributed by atoms with Gasteiger partial charge in [-0.2, -0.15) is 0 Å². The zero-order valence-corrected chi connectivity index (χ0v) is 10.2. The van der Waals surface area contributed by atoms with Crippen molar-refractivity contribution in [2.24, 2.45) is 0 Å². The van der Waals surface area contributed by atoms with Gasteiger partial charge >= 0.3 is 0 Å². The largest absolute Gasteiger partial charge is 0.391 e. The number of aliphatic hydroxyl groups is 1. The molecule has 2 aromatic rings. The van der Waals surface area contributed by atoms with E-state index < -0.39 is 6.10 Å². The average Bonchev–Trinajstić information content (AvgIpc) is 2.78. The summed E-state index contributed by atoms with van der Waals surface area (Å²) in [5, 5.41) is 10.5. The van der Waals surface area contributed by atoms with E-state index >= 15 is 0 Å². The molecule has 0 saturated carbocycles. The fourth-order valence-electron chi connectivity index (χ4n) is 2.14. The van der Waals surface area contributed by atoms with Gasteiger partial charge in [-0.15, -0.1) is 11.3 Å². The third-order valence-corrected chi connectivity index (χ3v) is 3.85. The molecule has 88 valence electrons. The molecule has 1 aliphatic heterocycles. The number of aromatic nitrogens is 1. The third kappa shape index (κ3) is 1.81. The van der Waals surface area contributed by atoms with Gasteiger partial charge in [-0.1, -0.05) is 0 Å². The highest BCUT2D eigenvalue weighted by Crippen LogP contribution is 2.28. The smallest absolute Gasteiger partial charge is 0.229 e. The number of amides is 1. The Morgan fingerprint density at radius 2 is 2.35 bits per heavy atom. The molecule has 5 heteroatoms. The predicted molar refractivity (Wildman–Crippen MR) is 67.3 cm³/mol. The van der Waals surface area contributed by atoms with Crippen molar-refractivity contribution in [2.75, 3.05) is 11.4 Å². The highest BCUT2D eigenvalue weighted by atomic mass is 32.1. The van der Waals surface area contributed by atoms with Crippen LogP contribution in [0.15, 0.2) is 18.2 Å².